The molecule has 1 nitrogen and oxygen atoms in total. The zero-order valence-electron chi connectivity index (χ0n) is 14.8. The van der Waals surface area contributed by atoms with Gasteiger partial charge in [0.2, 0.25) is 0 Å². The lowest BCUT2D eigenvalue weighted by atomic mass is 9.97. The molecule has 0 aromatic heterocycles. The molecule has 0 aliphatic carbocycles. The van der Waals surface area contributed by atoms with Crippen LogP contribution in [0.5, 0.6) is 0 Å². The molecule has 118 valence electrons. The van der Waals surface area contributed by atoms with Crippen molar-refractivity contribution in [3.63, 3.8) is 0 Å². The SMILES string of the molecule is C/C(=C\C(C)C)[C@](O)(CC(C)C)[Si](C)(C)c1ccccc1. The van der Waals surface area contributed by atoms with Crippen molar-refractivity contribution in [2.45, 2.75) is 59.4 Å². The van der Waals surface area contributed by atoms with Gasteiger partial charge >= 0.3 is 0 Å². The molecule has 21 heavy (non-hydrogen) atoms. The first-order valence-corrected chi connectivity index (χ1v) is 11.1. The summed E-state index contributed by atoms with van der Waals surface area (Å²) in [5, 5.41) is 12.3. The van der Waals surface area contributed by atoms with Crippen molar-refractivity contribution in [3.8, 4) is 0 Å². The molecule has 0 saturated carbocycles. The standard InChI is InChI=1S/C19H32OSi/c1-15(2)13-17(5)19(20,14-16(3)4)21(6,7)18-11-9-8-10-12-18/h8-13,15-16,20H,14H2,1-7H3/b17-13+/t19-/m0/s1. The second-order valence-electron chi connectivity index (χ2n) is 7.54. The maximum absolute atomic E-state index is 11.7. The van der Waals surface area contributed by atoms with Gasteiger partial charge in [-0.05, 0) is 30.8 Å². The summed E-state index contributed by atoms with van der Waals surface area (Å²) in [5.74, 6) is 0.935. The summed E-state index contributed by atoms with van der Waals surface area (Å²) in [6.45, 7) is 15.4. The molecule has 0 saturated heterocycles. The van der Waals surface area contributed by atoms with Crippen molar-refractivity contribution in [2.24, 2.45) is 11.8 Å². The van der Waals surface area contributed by atoms with Gasteiger partial charge in [0.25, 0.3) is 0 Å². The van der Waals surface area contributed by atoms with E-state index in [2.05, 4.69) is 78.1 Å². The van der Waals surface area contributed by atoms with Crippen molar-refractivity contribution >= 4 is 13.3 Å². The molecule has 0 radical (unpaired) electrons. The van der Waals surface area contributed by atoms with E-state index in [-0.39, 0.29) is 0 Å². The monoisotopic (exact) mass is 304 g/mol. The third-order valence-corrected chi connectivity index (χ3v) is 8.91. The molecule has 0 aliphatic rings. The van der Waals surface area contributed by atoms with Gasteiger partial charge in [-0.2, -0.15) is 0 Å². The third kappa shape index (κ3) is 4.07. The molecule has 0 bridgehead atoms. The van der Waals surface area contributed by atoms with Gasteiger partial charge in [-0.15, -0.1) is 0 Å². The van der Waals surface area contributed by atoms with E-state index >= 15 is 0 Å². The van der Waals surface area contributed by atoms with Crippen molar-refractivity contribution < 1.29 is 5.11 Å². The highest BCUT2D eigenvalue weighted by Crippen LogP contribution is 2.35. The van der Waals surface area contributed by atoms with Crippen LogP contribution in [0.25, 0.3) is 0 Å². The maximum atomic E-state index is 11.7. The number of aliphatic hydroxyl groups is 1. The molecule has 0 spiro atoms. The quantitative estimate of drug-likeness (QED) is 0.605. The molecule has 1 atom stereocenters. The van der Waals surface area contributed by atoms with Crippen molar-refractivity contribution in [2.75, 3.05) is 0 Å². The fourth-order valence-electron chi connectivity index (χ4n) is 3.23. The third-order valence-electron chi connectivity index (χ3n) is 4.47. The molecular formula is C19H32OSi. The van der Waals surface area contributed by atoms with Gasteiger partial charge in [-0.1, -0.05) is 82.4 Å². The van der Waals surface area contributed by atoms with Gasteiger partial charge in [0, 0.05) is 0 Å². The fraction of sp³-hybridized carbons (Fsp3) is 0.579. The summed E-state index contributed by atoms with van der Waals surface area (Å²) in [5.41, 5.74) is 1.15. The van der Waals surface area contributed by atoms with Gasteiger partial charge in [0.05, 0.1) is 5.22 Å². The number of hydrogen-bond acceptors (Lipinski definition) is 1. The first-order chi connectivity index (χ1) is 9.61. The summed E-state index contributed by atoms with van der Waals surface area (Å²) in [6.07, 6.45) is 3.07. The first kappa shape index (κ1) is 18.2. The van der Waals surface area contributed by atoms with Crippen LogP contribution in [-0.2, 0) is 0 Å². The summed E-state index contributed by atoms with van der Waals surface area (Å²) < 4.78 is 0. The zero-order valence-corrected chi connectivity index (χ0v) is 15.8. The smallest absolute Gasteiger partial charge is 0.122 e. The van der Waals surface area contributed by atoms with Crippen LogP contribution in [0.2, 0.25) is 13.1 Å². The minimum Gasteiger partial charge on any atom is -0.389 e. The van der Waals surface area contributed by atoms with E-state index in [9.17, 15) is 5.11 Å². The number of hydrogen-bond donors (Lipinski definition) is 1. The molecule has 1 aromatic rings. The summed E-state index contributed by atoms with van der Waals surface area (Å²) in [4.78, 5) is 0. The lowest BCUT2D eigenvalue weighted by Gasteiger charge is -2.44. The maximum Gasteiger partial charge on any atom is 0.122 e. The Kier molecular flexibility index (Phi) is 6.00. The largest absolute Gasteiger partial charge is 0.389 e. The number of benzene rings is 1. The summed E-state index contributed by atoms with van der Waals surface area (Å²) in [7, 11) is -2.04. The fourth-order valence-corrected chi connectivity index (χ4v) is 6.72. The lowest BCUT2D eigenvalue weighted by Crippen LogP contribution is -2.63. The summed E-state index contributed by atoms with van der Waals surface area (Å²) in [6, 6.07) is 10.6. The second kappa shape index (κ2) is 6.93. The van der Waals surface area contributed by atoms with Crippen LogP contribution in [0.1, 0.15) is 41.0 Å². The Hall–Kier alpha value is -0.863. The molecule has 1 N–H and O–H groups in total. The Bertz CT molecular complexity index is 474. The molecule has 0 aliphatic heterocycles. The van der Waals surface area contributed by atoms with E-state index in [0.717, 1.165) is 12.0 Å². The van der Waals surface area contributed by atoms with Gasteiger partial charge in [0.1, 0.15) is 8.07 Å². The Labute approximate surface area is 132 Å². The Morgan fingerprint density at radius 3 is 2.10 bits per heavy atom. The molecule has 0 unspecified atom stereocenters. The van der Waals surface area contributed by atoms with Crippen molar-refractivity contribution in [3.05, 3.63) is 42.0 Å². The Balaban J connectivity index is 3.36. The molecule has 0 heterocycles. The van der Waals surface area contributed by atoms with Crippen LogP contribution in [0.15, 0.2) is 42.0 Å². The summed E-state index contributed by atoms with van der Waals surface area (Å²) >= 11 is 0. The molecular weight excluding hydrogens is 272 g/mol. The predicted octanol–water partition coefficient (Wildman–Crippen LogP) is 4.52. The molecule has 1 rings (SSSR count). The number of rotatable bonds is 6. The van der Waals surface area contributed by atoms with E-state index in [4.69, 9.17) is 0 Å². The minimum absolute atomic E-state index is 0.462. The molecule has 1 aromatic carbocycles. The lowest BCUT2D eigenvalue weighted by molar-refractivity contribution is 0.128. The first-order valence-electron chi connectivity index (χ1n) is 8.08. The average molecular weight is 305 g/mol. The van der Waals surface area contributed by atoms with Gasteiger partial charge < -0.3 is 5.11 Å². The second-order valence-corrected chi connectivity index (χ2v) is 12.2. The van der Waals surface area contributed by atoms with Crippen LogP contribution in [-0.4, -0.2) is 18.4 Å². The van der Waals surface area contributed by atoms with E-state index in [1.165, 1.54) is 5.19 Å². The van der Waals surface area contributed by atoms with Crippen molar-refractivity contribution in [1.29, 1.82) is 0 Å². The Morgan fingerprint density at radius 1 is 1.14 bits per heavy atom. The number of allylic oxidation sites excluding steroid dienone is 1. The topological polar surface area (TPSA) is 20.2 Å². The van der Waals surface area contributed by atoms with Crippen LogP contribution in [0.3, 0.4) is 0 Å². The van der Waals surface area contributed by atoms with Crippen LogP contribution in [0, 0.1) is 11.8 Å². The van der Waals surface area contributed by atoms with Crippen LogP contribution in [0.4, 0.5) is 0 Å². The molecule has 0 amide bonds. The van der Waals surface area contributed by atoms with Crippen molar-refractivity contribution in [1.82, 2.24) is 0 Å². The van der Waals surface area contributed by atoms with Gasteiger partial charge in [-0.3, -0.25) is 0 Å². The van der Waals surface area contributed by atoms with E-state index < -0.39 is 13.3 Å². The highest BCUT2D eigenvalue weighted by Gasteiger charge is 2.47. The van der Waals surface area contributed by atoms with Gasteiger partial charge in [0.15, 0.2) is 0 Å². The average Bonchev–Trinajstić information content (AvgIpc) is 2.37. The van der Waals surface area contributed by atoms with E-state index in [1.807, 2.05) is 6.07 Å². The highest BCUT2D eigenvalue weighted by molar-refractivity contribution is 6.92. The van der Waals surface area contributed by atoms with Crippen LogP contribution >= 0.6 is 0 Å². The predicted molar refractivity (Wildman–Crippen MR) is 96.6 cm³/mol. The van der Waals surface area contributed by atoms with Gasteiger partial charge in [-0.25, -0.2) is 0 Å². The highest BCUT2D eigenvalue weighted by atomic mass is 28.3. The zero-order chi connectivity index (χ0) is 16.3. The Morgan fingerprint density at radius 2 is 1.67 bits per heavy atom. The van der Waals surface area contributed by atoms with Crippen LogP contribution < -0.4 is 5.19 Å². The van der Waals surface area contributed by atoms with E-state index in [1.54, 1.807) is 0 Å². The minimum atomic E-state index is -2.04. The van der Waals surface area contributed by atoms with E-state index in [0.29, 0.717) is 11.8 Å². The molecule has 2 heteroatoms. The normalized spacial score (nSPS) is 16.4. The molecule has 0 fully saturated rings.